The van der Waals surface area contributed by atoms with E-state index in [2.05, 4.69) is 20.8 Å². The van der Waals surface area contributed by atoms with Crippen LogP contribution in [0.4, 0.5) is 24.5 Å². The number of nitrogens with zero attached hydrogens (tertiary/aromatic N) is 3. The van der Waals surface area contributed by atoms with Crippen LogP contribution < -0.4 is 10.6 Å². The number of aromatic nitrogens is 3. The van der Waals surface area contributed by atoms with Crippen molar-refractivity contribution in [1.29, 1.82) is 0 Å². The molecule has 11 heteroatoms. The van der Waals surface area contributed by atoms with Crippen molar-refractivity contribution in [2.24, 2.45) is 0 Å². The summed E-state index contributed by atoms with van der Waals surface area (Å²) in [7, 11) is 0. The molecule has 2 aromatic carbocycles. The van der Waals surface area contributed by atoms with Gasteiger partial charge in [-0.25, -0.2) is 0 Å². The Morgan fingerprint density at radius 2 is 1.73 bits per heavy atom. The quantitative estimate of drug-likeness (QED) is 0.493. The first-order valence-corrected chi connectivity index (χ1v) is 10.9. The summed E-state index contributed by atoms with van der Waals surface area (Å²) in [6.07, 6.45) is -4.59. The van der Waals surface area contributed by atoms with Crippen LogP contribution in [0.15, 0.2) is 41.6 Å². The molecule has 0 bridgehead atoms. The molecule has 0 spiro atoms. The number of hydrogen-bond acceptors (Lipinski definition) is 5. The number of thioether (sulfide) groups is 1. The van der Waals surface area contributed by atoms with Crippen molar-refractivity contribution in [3.05, 3.63) is 58.9 Å². The number of aryl methyl sites for hydroxylation is 3. The van der Waals surface area contributed by atoms with E-state index in [4.69, 9.17) is 0 Å². The molecule has 0 atom stereocenters. The summed E-state index contributed by atoms with van der Waals surface area (Å²) in [5, 5.41) is 13.6. The normalized spacial score (nSPS) is 11.4. The highest BCUT2D eigenvalue weighted by Gasteiger charge is 2.31. The van der Waals surface area contributed by atoms with Crippen LogP contribution in [-0.2, 0) is 15.8 Å². The van der Waals surface area contributed by atoms with Crippen molar-refractivity contribution in [3.63, 3.8) is 0 Å². The molecule has 1 aromatic heterocycles. The number of benzene rings is 2. The van der Waals surface area contributed by atoms with Gasteiger partial charge in [0.15, 0.2) is 5.16 Å². The van der Waals surface area contributed by atoms with Crippen molar-refractivity contribution in [2.75, 3.05) is 16.4 Å². The molecular formula is C22H22F3N5O2S. The lowest BCUT2D eigenvalue weighted by atomic mass is 10.1. The molecule has 33 heavy (non-hydrogen) atoms. The van der Waals surface area contributed by atoms with E-state index in [1.165, 1.54) is 6.92 Å². The molecule has 0 saturated heterocycles. The Morgan fingerprint density at radius 1 is 1.00 bits per heavy atom. The molecule has 0 saturated carbocycles. The average molecular weight is 478 g/mol. The van der Waals surface area contributed by atoms with Crippen LogP contribution in [0.3, 0.4) is 0 Å². The maximum atomic E-state index is 13.1. The molecule has 0 radical (unpaired) electrons. The number of alkyl halides is 3. The fourth-order valence-corrected chi connectivity index (χ4v) is 3.90. The molecule has 0 fully saturated rings. The van der Waals surface area contributed by atoms with Crippen LogP contribution in [0.25, 0.3) is 5.69 Å². The first kappa shape index (κ1) is 24.3. The molecular weight excluding hydrogens is 455 g/mol. The van der Waals surface area contributed by atoms with E-state index < -0.39 is 23.6 Å². The van der Waals surface area contributed by atoms with E-state index in [1.54, 1.807) is 6.92 Å². The number of amides is 2. The summed E-state index contributed by atoms with van der Waals surface area (Å²) in [4.78, 5) is 24.0. The Hall–Kier alpha value is -3.34. The van der Waals surface area contributed by atoms with E-state index in [0.29, 0.717) is 11.0 Å². The largest absolute Gasteiger partial charge is 0.416 e. The second kappa shape index (κ2) is 9.65. The number of nitrogens with one attached hydrogen (secondary N) is 2. The van der Waals surface area contributed by atoms with Crippen LogP contribution in [0.1, 0.15) is 29.4 Å². The molecule has 0 aliphatic carbocycles. The highest BCUT2D eigenvalue weighted by atomic mass is 32.2. The summed E-state index contributed by atoms with van der Waals surface area (Å²) in [5.41, 5.74) is 1.92. The lowest BCUT2D eigenvalue weighted by Gasteiger charge is -2.15. The van der Waals surface area contributed by atoms with Gasteiger partial charge < -0.3 is 10.6 Å². The molecule has 2 amide bonds. The molecule has 0 unspecified atom stereocenters. The van der Waals surface area contributed by atoms with Gasteiger partial charge in [0.05, 0.1) is 28.4 Å². The van der Waals surface area contributed by atoms with Gasteiger partial charge in [0, 0.05) is 6.92 Å². The summed E-state index contributed by atoms with van der Waals surface area (Å²) in [6.45, 7) is 6.93. The summed E-state index contributed by atoms with van der Waals surface area (Å²) in [5.74, 6) is -0.521. The number of carbonyl (C=O) groups excluding carboxylic acids is 2. The van der Waals surface area contributed by atoms with Crippen molar-refractivity contribution in [3.8, 4) is 5.69 Å². The Balaban J connectivity index is 1.81. The molecule has 2 N–H and O–H groups in total. The fraction of sp³-hybridized carbons (Fsp3) is 0.273. The highest BCUT2D eigenvalue weighted by molar-refractivity contribution is 7.99. The van der Waals surface area contributed by atoms with Crippen LogP contribution in [-0.4, -0.2) is 32.3 Å². The Labute approximate surface area is 192 Å². The van der Waals surface area contributed by atoms with Gasteiger partial charge in [0.25, 0.3) is 0 Å². The van der Waals surface area contributed by atoms with Gasteiger partial charge >= 0.3 is 6.18 Å². The molecule has 1 heterocycles. The highest BCUT2D eigenvalue weighted by Crippen LogP contribution is 2.34. The van der Waals surface area contributed by atoms with Crippen LogP contribution >= 0.6 is 11.8 Å². The molecule has 0 aliphatic rings. The van der Waals surface area contributed by atoms with Crippen LogP contribution in [0.2, 0.25) is 0 Å². The lowest BCUT2D eigenvalue weighted by Crippen LogP contribution is -2.18. The molecule has 0 aliphatic heterocycles. The SMILES string of the molecule is CC(=O)Nc1ccc(C(F)(F)F)cc1NC(=O)CSc1nnc(C)n1-c1cc(C)ccc1C. The molecule has 7 nitrogen and oxygen atoms in total. The molecule has 174 valence electrons. The monoisotopic (exact) mass is 477 g/mol. The predicted octanol–water partition coefficient (Wildman–Crippen LogP) is 4.90. The zero-order valence-corrected chi connectivity index (χ0v) is 19.2. The minimum Gasteiger partial charge on any atom is -0.325 e. The molecule has 3 aromatic rings. The van der Waals surface area contributed by atoms with Gasteiger partial charge in [0.2, 0.25) is 11.8 Å². The van der Waals surface area contributed by atoms with E-state index in [9.17, 15) is 22.8 Å². The van der Waals surface area contributed by atoms with Gasteiger partial charge in [-0.15, -0.1) is 10.2 Å². The third-order valence-electron chi connectivity index (χ3n) is 4.66. The Morgan fingerprint density at radius 3 is 2.39 bits per heavy atom. The predicted molar refractivity (Wildman–Crippen MR) is 121 cm³/mol. The lowest BCUT2D eigenvalue weighted by molar-refractivity contribution is -0.137. The minimum absolute atomic E-state index is 0.0725. The first-order chi connectivity index (χ1) is 15.5. The van der Waals surface area contributed by atoms with Crippen LogP contribution in [0, 0.1) is 20.8 Å². The second-order valence-electron chi connectivity index (χ2n) is 7.43. The van der Waals surface area contributed by atoms with Crippen molar-refractivity contribution < 1.29 is 22.8 Å². The fourth-order valence-electron chi connectivity index (χ4n) is 3.11. The zero-order valence-electron chi connectivity index (χ0n) is 18.4. The number of carbonyl (C=O) groups is 2. The summed E-state index contributed by atoms with van der Waals surface area (Å²) in [6, 6.07) is 8.68. The van der Waals surface area contributed by atoms with Gasteiger partial charge in [-0.2, -0.15) is 13.2 Å². The Bertz CT molecular complexity index is 1210. The van der Waals surface area contributed by atoms with Gasteiger partial charge in [-0.3, -0.25) is 14.2 Å². The smallest absolute Gasteiger partial charge is 0.325 e. The summed E-state index contributed by atoms with van der Waals surface area (Å²) < 4.78 is 41.2. The third kappa shape index (κ3) is 5.92. The van der Waals surface area contributed by atoms with E-state index in [0.717, 1.165) is 46.8 Å². The van der Waals surface area contributed by atoms with E-state index in [-0.39, 0.29) is 17.1 Å². The van der Waals surface area contributed by atoms with Gasteiger partial charge in [0.1, 0.15) is 5.82 Å². The van der Waals surface area contributed by atoms with Gasteiger partial charge in [-0.05, 0) is 56.2 Å². The number of halogens is 3. The maximum absolute atomic E-state index is 13.1. The number of anilines is 2. The van der Waals surface area contributed by atoms with Crippen molar-refractivity contribution in [1.82, 2.24) is 14.8 Å². The average Bonchev–Trinajstić information content (AvgIpc) is 3.08. The van der Waals surface area contributed by atoms with E-state index in [1.807, 2.05) is 36.6 Å². The van der Waals surface area contributed by atoms with Crippen molar-refractivity contribution in [2.45, 2.75) is 39.0 Å². The standard InChI is InChI=1S/C22H22F3N5O2S/c1-12-5-6-13(2)19(9-12)30-14(3)28-29-21(30)33-11-20(32)27-18-10-16(22(23,24)25)7-8-17(18)26-15(4)31/h5-10H,11H2,1-4H3,(H,26,31)(H,27,32). The summed E-state index contributed by atoms with van der Waals surface area (Å²) >= 11 is 1.10. The third-order valence-corrected chi connectivity index (χ3v) is 5.59. The number of hydrogen-bond donors (Lipinski definition) is 2. The minimum atomic E-state index is -4.59. The van der Waals surface area contributed by atoms with Crippen LogP contribution in [0.5, 0.6) is 0 Å². The number of rotatable bonds is 6. The zero-order chi connectivity index (χ0) is 24.3. The topological polar surface area (TPSA) is 88.9 Å². The Kier molecular flexibility index (Phi) is 7.11. The maximum Gasteiger partial charge on any atom is 0.416 e. The van der Waals surface area contributed by atoms with Crippen molar-refractivity contribution >= 4 is 35.0 Å². The van der Waals surface area contributed by atoms with Gasteiger partial charge in [-0.1, -0.05) is 23.9 Å². The second-order valence-corrected chi connectivity index (χ2v) is 8.37. The first-order valence-electron chi connectivity index (χ1n) is 9.87. The van der Waals surface area contributed by atoms with E-state index >= 15 is 0 Å². The molecule has 3 rings (SSSR count).